The molecule has 2 aliphatic rings. The van der Waals surface area contributed by atoms with Crippen LogP contribution in [0.5, 0.6) is 5.75 Å². The Morgan fingerprint density at radius 3 is 2.39 bits per heavy atom. The maximum absolute atomic E-state index is 14.9. The molecule has 0 unspecified atom stereocenters. The average Bonchev–Trinajstić information content (AvgIpc) is 3.22. The number of ether oxygens (including phenoxy) is 1. The number of fused-ring (bicyclic) bond motifs is 1. The lowest BCUT2D eigenvalue weighted by Gasteiger charge is -2.36. The summed E-state index contributed by atoms with van der Waals surface area (Å²) >= 11 is 0. The molecule has 5 rings (SSSR count). The molecule has 0 spiro atoms. The number of piperazine rings is 2. The molecule has 2 saturated heterocycles. The Morgan fingerprint density at radius 2 is 1.69 bits per heavy atom. The van der Waals surface area contributed by atoms with Crippen LogP contribution in [0.15, 0.2) is 16.9 Å². The first kappa shape index (κ1) is 23.9. The molecule has 0 radical (unpaired) electrons. The van der Waals surface area contributed by atoms with Crippen molar-refractivity contribution < 1.29 is 18.3 Å². The SMILES string of the molecule is CN1CCN(CCOc2cc(F)c(N3CCN(c4nc5c(nnn5C)c(=O)[nH]4)CC3)c(F)c2)C(=O)C1. The number of hydrogen-bond donors (Lipinski definition) is 1. The Morgan fingerprint density at radius 1 is 1.00 bits per heavy atom. The third kappa shape index (κ3) is 4.67. The van der Waals surface area contributed by atoms with Gasteiger partial charge in [0.1, 0.15) is 18.0 Å². The van der Waals surface area contributed by atoms with E-state index in [0.29, 0.717) is 57.4 Å². The fraction of sp³-hybridized carbons (Fsp3) is 0.500. The number of aromatic amines is 1. The molecule has 4 heterocycles. The first-order chi connectivity index (χ1) is 17.3. The second-order valence-corrected chi connectivity index (χ2v) is 8.95. The number of benzene rings is 1. The van der Waals surface area contributed by atoms with Crippen molar-refractivity contribution in [3.05, 3.63) is 34.1 Å². The van der Waals surface area contributed by atoms with Gasteiger partial charge in [0.25, 0.3) is 5.56 Å². The molecule has 1 N–H and O–H groups in total. The highest BCUT2D eigenvalue weighted by molar-refractivity contribution is 5.79. The molecule has 1 amide bonds. The van der Waals surface area contributed by atoms with Gasteiger partial charge >= 0.3 is 0 Å². The lowest BCUT2D eigenvalue weighted by atomic mass is 10.2. The summed E-state index contributed by atoms with van der Waals surface area (Å²) in [6.07, 6.45) is 0. The average molecular weight is 504 g/mol. The van der Waals surface area contributed by atoms with E-state index in [-0.39, 0.29) is 29.5 Å². The van der Waals surface area contributed by atoms with E-state index in [2.05, 4.69) is 20.3 Å². The molecule has 192 valence electrons. The number of nitrogens with one attached hydrogen (secondary N) is 1. The van der Waals surface area contributed by atoms with E-state index < -0.39 is 17.2 Å². The van der Waals surface area contributed by atoms with Crippen LogP contribution in [0.2, 0.25) is 0 Å². The summed E-state index contributed by atoms with van der Waals surface area (Å²) in [6.45, 7) is 3.68. The third-order valence-electron chi connectivity index (χ3n) is 6.47. The van der Waals surface area contributed by atoms with Crippen molar-refractivity contribution in [1.82, 2.24) is 34.8 Å². The molecular weight excluding hydrogens is 476 g/mol. The van der Waals surface area contributed by atoms with Crippen molar-refractivity contribution in [2.45, 2.75) is 0 Å². The third-order valence-corrected chi connectivity index (χ3v) is 6.47. The Labute approximate surface area is 205 Å². The van der Waals surface area contributed by atoms with E-state index in [9.17, 15) is 18.4 Å². The number of H-pyrrole nitrogens is 1. The van der Waals surface area contributed by atoms with E-state index in [1.54, 1.807) is 16.8 Å². The zero-order valence-corrected chi connectivity index (χ0v) is 20.1. The second kappa shape index (κ2) is 9.68. The number of rotatable bonds is 6. The summed E-state index contributed by atoms with van der Waals surface area (Å²) in [5.41, 5.74) is 0.00139. The number of halogens is 2. The maximum Gasteiger partial charge on any atom is 0.282 e. The van der Waals surface area contributed by atoms with Gasteiger partial charge in [-0.1, -0.05) is 5.21 Å². The summed E-state index contributed by atoms with van der Waals surface area (Å²) in [5, 5.41) is 7.61. The zero-order chi connectivity index (χ0) is 25.4. The lowest BCUT2D eigenvalue weighted by Crippen LogP contribution is -2.49. The summed E-state index contributed by atoms with van der Waals surface area (Å²) in [4.78, 5) is 38.5. The monoisotopic (exact) mass is 503 g/mol. The van der Waals surface area contributed by atoms with Crippen LogP contribution in [-0.4, -0.2) is 107 Å². The molecule has 2 aromatic heterocycles. The predicted molar refractivity (Wildman–Crippen MR) is 127 cm³/mol. The van der Waals surface area contributed by atoms with Crippen molar-refractivity contribution in [3.63, 3.8) is 0 Å². The summed E-state index contributed by atoms with van der Waals surface area (Å²) in [6, 6.07) is 2.33. The topological polar surface area (TPSA) is 116 Å². The highest BCUT2D eigenvalue weighted by Gasteiger charge is 2.26. The van der Waals surface area contributed by atoms with Crippen LogP contribution in [0.1, 0.15) is 0 Å². The molecule has 14 heteroatoms. The number of anilines is 2. The predicted octanol–water partition coefficient (Wildman–Crippen LogP) is -0.191. The van der Waals surface area contributed by atoms with Gasteiger partial charge in [0.15, 0.2) is 22.8 Å². The number of carbonyl (C=O) groups excluding carboxylic acids is 1. The molecule has 2 fully saturated rings. The number of nitrogens with zero attached hydrogens (tertiary/aromatic N) is 8. The Kier molecular flexibility index (Phi) is 6.43. The smallest absolute Gasteiger partial charge is 0.282 e. The molecule has 12 nitrogen and oxygen atoms in total. The van der Waals surface area contributed by atoms with Crippen molar-refractivity contribution in [3.8, 4) is 5.75 Å². The molecule has 0 atom stereocenters. The number of hydrogen-bond acceptors (Lipinski definition) is 9. The number of amides is 1. The van der Waals surface area contributed by atoms with Crippen LogP contribution in [0.3, 0.4) is 0 Å². The minimum Gasteiger partial charge on any atom is -0.492 e. The Hall–Kier alpha value is -3.81. The first-order valence-corrected chi connectivity index (χ1v) is 11.7. The quantitative estimate of drug-likeness (QED) is 0.489. The largest absolute Gasteiger partial charge is 0.492 e. The minimum atomic E-state index is -0.719. The highest BCUT2D eigenvalue weighted by atomic mass is 19.1. The second-order valence-electron chi connectivity index (χ2n) is 8.95. The van der Waals surface area contributed by atoms with Gasteiger partial charge in [0, 0.05) is 58.4 Å². The van der Waals surface area contributed by atoms with Crippen molar-refractivity contribution in [2.75, 3.05) is 75.8 Å². The summed E-state index contributed by atoms with van der Waals surface area (Å²) in [5.74, 6) is -0.989. The number of carbonyl (C=O) groups is 1. The van der Waals surface area contributed by atoms with Gasteiger partial charge in [-0.15, -0.1) is 5.10 Å². The van der Waals surface area contributed by atoms with E-state index in [1.165, 1.54) is 16.8 Å². The van der Waals surface area contributed by atoms with Gasteiger partial charge in [0.05, 0.1) is 13.1 Å². The van der Waals surface area contributed by atoms with Gasteiger partial charge in [-0.25, -0.2) is 13.5 Å². The first-order valence-electron chi connectivity index (χ1n) is 11.7. The molecule has 0 bridgehead atoms. The molecule has 0 saturated carbocycles. The maximum atomic E-state index is 14.9. The van der Waals surface area contributed by atoms with Crippen LogP contribution in [-0.2, 0) is 11.8 Å². The van der Waals surface area contributed by atoms with Crippen molar-refractivity contribution in [1.29, 1.82) is 0 Å². The Bertz CT molecular complexity index is 1310. The van der Waals surface area contributed by atoms with Crippen molar-refractivity contribution >= 4 is 28.7 Å². The van der Waals surface area contributed by atoms with E-state index in [0.717, 1.165) is 6.54 Å². The van der Waals surface area contributed by atoms with Gasteiger partial charge in [-0.3, -0.25) is 19.5 Å². The normalized spacial score (nSPS) is 17.3. The molecule has 0 aliphatic carbocycles. The van der Waals surface area contributed by atoms with Crippen LogP contribution >= 0.6 is 0 Å². The number of aromatic nitrogens is 5. The van der Waals surface area contributed by atoms with Gasteiger partial charge in [-0.2, -0.15) is 4.98 Å². The highest BCUT2D eigenvalue weighted by Crippen LogP contribution is 2.29. The van der Waals surface area contributed by atoms with Gasteiger partial charge < -0.3 is 19.4 Å². The van der Waals surface area contributed by atoms with Gasteiger partial charge in [-0.05, 0) is 7.05 Å². The zero-order valence-electron chi connectivity index (χ0n) is 20.1. The van der Waals surface area contributed by atoms with Gasteiger partial charge in [0.2, 0.25) is 11.9 Å². The van der Waals surface area contributed by atoms with E-state index in [1.807, 2.05) is 16.8 Å². The van der Waals surface area contributed by atoms with Crippen LogP contribution < -0.4 is 20.1 Å². The number of aryl methyl sites for hydroxylation is 1. The Balaban J connectivity index is 1.21. The lowest BCUT2D eigenvalue weighted by molar-refractivity contribution is -0.135. The summed E-state index contributed by atoms with van der Waals surface area (Å²) in [7, 11) is 3.53. The van der Waals surface area contributed by atoms with E-state index >= 15 is 0 Å². The fourth-order valence-corrected chi connectivity index (χ4v) is 4.47. The van der Waals surface area contributed by atoms with Crippen molar-refractivity contribution in [2.24, 2.45) is 7.05 Å². The van der Waals surface area contributed by atoms with Crippen LogP contribution in [0.4, 0.5) is 20.4 Å². The molecule has 1 aromatic carbocycles. The molecular formula is C22H27F2N9O3. The number of likely N-dealkylation sites (N-methyl/N-ethyl adjacent to an activating group) is 1. The van der Waals surface area contributed by atoms with Crippen LogP contribution in [0, 0.1) is 11.6 Å². The standard InChI is InChI=1S/C22H27F2N9O3/c1-29-3-4-31(17(34)13-29)9-10-36-14-11-15(23)19(16(24)12-14)32-5-7-33(8-6-32)22-25-20-18(21(35)26-22)27-28-30(20)2/h11-12H,3-10,13H2,1-2H3,(H,25,26,35). The molecule has 36 heavy (non-hydrogen) atoms. The van der Waals surface area contributed by atoms with E-state index in [4.69, 9.17) is 4.74 Å². The summed E-state index contributed by atoms with van der Waals surface area (Å²) < 4.78 is 36.8. The molecule has 2 aliphatic heterocycles. The fourth-order valence-electron chi connectivity index (χ4n) is 4.47. The molecule has 3 aromatic rings. The van der Waals surface area contributed by atoms with Crippen LogP contribution in [0.25, 0.3) is 11.2 Å². The minimum absolute atomic E-state index is 0.00962.